The quantitative estimate of drug-likeness (QED) is 0.842. The van der Waals surface area contributed by atoms with Gasteiger partial charge in [0.2, 0.25) is 0 Å². The predicted octanol–water partition coefficient (Wildman–Crippen LogP) is 2.39. The first kappa shape index (κ1) is 11.5. The molecule has 2 N–H and O–H groups in total. The van der Waals surface area contributed by atoms with Crippen molar-refractivity contribution >= 4 is 0 Å². The number of hydrogen-bond donors (Lipinski definition) is 1. The fraction of sp³-hybridized carbons (Fsp3) is 0.500. The smallest absolute Gasteiger partial charge is 0.126 e. The summed E-state index contributed by atoms with van der Waals surface area (Å²) >= 11 is 0. The van der Waals surface area contributed by atoms with Crippen LogP contribution in [0.4, 0.5) is 8.78 Å². The summed E-state index contributed by atoms with van der Waals surface area (Å²) in [5.74, 6) is -0.898. The van der Waals surface area contributed by atoms with E-state index in [1.165, 1.54) is 12.1 Å². The number of hydrogen-bond acceptors (Lipinski definition) is 2. The van der Waals surface area contributed by atoms with Crippen molar-refractivity contribution in [1.82, 2.24) is 0 Å². The molecule has 0 saturated carbocycles. The highest BCUT2D eigenvalue weighted by Gasteiger charge is 2.22. The van der Waals surface area contributed by atoms with Crippen LogP contribution in [-0.2, 0) is 4.74 Å². The highest BCUT2D eigenvalue weighted by molar-refractivity contribution is 5.21. The van der Waals surface area contributed by atoms with Crippen LogP contribution < -0.4 is 5.73 Å². The SMILES string of the molecule is NC(c1cc(F)cc(F)c1)C1CCOCC1. The Morgan fingerprint density at radius 3 is 2.25 bits per heavy atom. The van der Waals surface area contributed by atoms with Gasteiger partial charge in [-0.3, -0.25) is 0 Å². The molecule has 16 heavy (non-hydrogen) atoms. The minimum atomic E-state index is -0.572. The second-order valence-corrected chi connectivity index (χ2v) is 4.18. The largest absolute Gasteiger partial charge is 0.381 e. The van der Waals surface area contributed by atoms with Gasteiger partial charge in [0.1, 0.15) is 11.6 Å². The lowest BCUT2D eigenvalue weighted by molar-refractivity contribution is 0.0583. The second kappa shape index (κ2) is 4.89. The van der Waals surface area contributed by atoms with Crippen molar-refractivity contribution in [2.45, 2.75) is 18.9 Å². The van der Waals surface area contributed by atoms with Crippen molar-refractivity contribution in [3.05, 3.63) is 35.4 Å². The molecule has 0 bridgehead atoms. The van der Waals surface area contributed by atoms with E-state index in [0.29, 0.717) is 18.8 Å². The molecule has 2 rings (SSSR count). The summed E-state index contributed by atoms with van der Waals surface area (Å²) in [7, 11) is 0. The number of nitrogens with two attached hydrogens (primary N) is 1. The van der Waals surface area contributed by atoms with Gasteiger partial charge >= 0.3 is 0 Å². The standard InChI is InChI=1S/C12H15F2NO/c13-10-5-9(6-11(14)7-10)12(15)8-1-3-16-4-2-8/h5-8,12H,1-4,15H2. The van der Waals surface area contributed by atoms with Gasteiger partial charge in [-0.25, -0.2) is 8.78 Å². The van der Waals surface area contributed by atoms with Crippen LogP contribution in [0.25, 0.3) is 0 Å². The summed E-state index contributed by atoms with van der Waals surface area (Å²) in [6.07, 6.45) is 1.69. The molecule has 0 spiro atoms. The molecule has 2 nitrogen and oxygen atoms in total. The summed E-state index contributed by atoms with van der Waals surface area (Å²) in [6.45, 7) is 1.35. The van der Waals surface area contributed by atoms with Crippen molar-refractivity contribution < 1.29 is 13.5 Å². The average molecular weight is 227 g/mol. The van der Waals surface area contributed by atoms with Crippen LogP contribution in [0.5, 0.6) is 0 Å². The Kier molecular flexibility index (Phi) is 3.51. The first-order valence-electron chi connectivity index (χ1n) is 5.46. The highest BCUT2D eigenvalue weighted by atomic mass is 19.1. The number of ether oxygens (including phenoxy) is 1. The van der Waals surface area contributed by atoms with E-state index in [9.17, 15) is 8.78 Å². The first-order chi connectivity index (χ1) is 7.66. The lowest BCUT2D eigenvalue weighted by Gasteiger charge is -2.27. The molecule has 4 heteroatoms. The molecule has 1 aromatic rings. The second-order valence-electron chi connectivity index (χ2n) is 4.18. The van der Waals surface area contributed by atoms with Crippen LogP contribution in [0, 0.1) is 17.6 Å². The van der Waals surface area contributed by atoms with E-state index in [2.05, 4.69) is 0 Å². The molecule has 0 radical (unpaired) electrons. The summed E-state index contributed by atoms with van der Waals surface area (Å²) < 4.78 is 31.3. The molecule has 88 valence electrons. The first-order valence-corrected chi connectivity index (χ1v) is 5.46. The van der Waals surface area contributed by atoms with Gasteiger partial charge in [-0.2, -0.15) is 0 Å². The van der Waals surface area contributed by atoms with Gasteiger partial charge in [-0.1, -0.05) is 0 Å². The van der Waals surface area contributed by atoms with Gasteiger partial charge in [-0.05, 0) is 36.5 Å². The Bertz CT molecular complexity index is 344. The molecule has 1 atom stereocenters. The molecule has 0 aromatic heterocycles. The monoisotopic (exact) mass is 227 g/mol. The Morgan fingerprint density at radius 2 is 1.69 bits per heavy atom. The minimum absolute atomic E-state index is 0.245. The van der Waals surface area contributed by atoms with Crippen molar-refractivity contribution in [2.75, 3.05) is 13.2 Å². The van der Waals surface area contributed by atoms with Gasteiger partial charge in [0.05, 0.1) is 0 Å². The van der Waals surface area contributed by atoms with E-state index in [1.807, 2.05) is 0 Å². The van der Waals surface area contributed by atoms with E-state index in [-0.39, 0.29) is 12.0 Å². The maximum absolute atomic E-state index is 13.0. The van der Waals surface area contributed by atoms with E-state index in [4.69, 9.17) is 10.5 Å². The zero-order valence-electron chi connectivity index (χ0n) is 8.96. The van der Waals surface area contributed by atoms with E-state index < -0.39 is 11.6 Å². The third-order valence-electron chi connectivity index (χ3n) is 3.04. The normalized spacial score (nSPS) is 19.7. The van der Waals surface area contributed by atoms with Crippen LogP contribution in [0.3, 0.4) is 0 Å². The summed E-state index contributed by atoms with van der Waals surface area (Å²) in [4.78, 5) is 0. The van der Waals surface area contributed by atoms with Gasteiger partial charge in [-0.15, -0.1) is 0 Å². The van der Waals surface area contributed by atoms with Crippen molar-refractivity contribution in [3.63, 3.8) is 0 Å². The molecule has 0 aliphatic carbocycles. The zero-order valence-corrected chi connectivity index (χ0v) is 8.96. The summed E-state index contributed by atoms with van der Waals surface area (Å²) in [5, 5.41) is 0. The Hall–Kier alpha value is -1.00. The minimum Gasteiger partial charge on any atom is -0.381 e. The van der Waals surface area contributed by atoms with Crippen LogP contribution in [0.1, 0.15) is 24.4 Å². The molecule has 1 saturated heterocycles. The molecule has 1 aromatic carbocycles. The molecule has 1 unspecified atom stereocenters. The third-order valence-corrected chi connectivity index (χ3v) is 3.04. The highest BCUT2D eigenvalue weighted by Crippen LogP contribution is 2.28. The van der Waals surface area contributed by atoms with Crippen molar-refractivity contribution in [2.24, 2.45) is 11.7 Å². The van der Waals surface area contributed by atoms with E-state index in [1.54, 1.807) is 0 Å². The third kappa shape index (κ3) is 2.57. The predicted molar refractivity (Wildman–Crippen MR) is 56.8 cm³/mol. The number of halogens is 2. The van der Waals surface area contributed by atoms with Crippen LogP contribution >= 0.6 is 0 Å². The van der Waals surface area contributed by atoms with Gasteiger partial charge < -0.3 is 10.5 Å². The Morgan fingerprint density at radius 1 is 1.12 bits per heavy atom. The van der Waals surface area contributed by atoms with E-state index in [0.717, 1.165) is 18.9 Å². The van der Waals surface area contributed by atoms with Gasteiger partial charge in [0.25, 0.3) is 0 Å². The average Bonchev–Trinajstić information content (AvgIpc) is 2.28. The fourth-order valence-electron chi connectivity index (χ4n) is 2.11. The number of benzene rings is 1. The zero-order chi connectivity index (χ0) is 11.5. The molecule has 1 aliphatic heterocycles. The Labute approximate surface area is 93.4 Å². The molecule has 1 heterocycles. The van der Waals surface area contributed by atoms with E-state index >= 15 is 0 Å². The lowest BCUT2D eigenvalue weighted by Crippen LogP contribution is -2.27. The molecular formula is C12H15F2NO. The lowest BCUT2D eigenvalue weighted by atomic mass is 9.88. The molecule has 1 fully saturated rings. The fourth-order valence-corrected chi connectivity index (χ4v) is 2.11. The topological polar surface area (TPSA) is 35.2 Å². The van der Waals surface area contributed by atoms with Crippen LogP contribution in [0.15, 0.2) is 18.2 Å². The molecular weight excluding hydrogens is 212 g/mol. The van der Waals surface area contributed by atoms with Crippen molar-refractivity contribution in [3.8, 4) is 0 Å². The van der Waals surface area contributed by atoms with Gasteiger partial charge in [0, 0.05) is 25.3 Å². The maximum atomic E-state index is 13.0. The van der Waals surface area contributed by atoms with Gasteiger partial charge in [0.15, 0.2) is 0 Å². The Balaban J connectivity index is 2.15. The summed E-state index contributed by atoms with van der Waals surface area (Å²) in [5.41, 5.74) is 6.55. The number of rotatable bonds is 2. The molecule has 1 aliphatic rings. The molecule has 0 amide bonds. The van der Waals surface area contributed by atoms with Crippen molar-refractivity contribution in [1.29, 1.82) is 0 Å². The van der Waals surface area contributed by atoms with Crippen LogP contribution in [-0.4, -0.2) is 13.2 Å². The van der Waals surface area contributed by atoms with Crippen LogP contribution in [0.2, 0.25) is 0 Å². The summed E-state index contributed by atoms with van der Waals surface area (Å²) in [6, 6.07) is 3.17. The maximum Gasteiger partial charge on any atom is 0.126 e.